The maximum absolute atomic E-state index is 12.8. The van der Waals surface area contributed by atoms with Crippen LogP contribution in [0, 0.1) is 11.7 Å². The molecule has 0 saturated heterocycles. The second-order valence-electron chi connectivity index (χ2n) is 5.14. The van der Waals surface area contributed by atoms with Crippen LogP contribution in [0.3, 0.4) is 0 Å². The van der Waals surface area contributed by atoms with Gasteiger partial charge in [0.1, 0.15) is 5.82 Å². The third-order valence-electron chi connectivity index (χ3n) is 3.17. The molecule has 2 N–H and O–H groups in total. The number of rotatable bonds is 8. The van der Waals surface area contributed by atoms with Gasteiger partial charge in [0.15, 0.2) is 5.69 Å². The Morgan fingerprint density at radius 2 is 2.08 bits per heavy atom. The standard InChI is InChI=1S/C16H17FN2O3S2/c1-10(8-23-12-4-2-11(17)3-5-12)15(20)18-7-6-14-19-13(9-24-14)16(21)22/h2-5,9-10H,6-8H2,1H3,(H,18,20)(H,21,22). The number of carbonyl (C=O) groups is 2. The summed E-state index contributed by atoms with van der Waals surface area (Å²) in [5, 5.41) is 13.8. The molecule has 0 bridgehead atoms. The number of carboxylic acid groups (broad SMARTS) is 1. The summed E-state index contributed by atoms with van der Waals surface area (Å²) in [4.78, 5) is 27.7. The average Bonchev–Trinajstić information content (AvgIpc) is 3.03. The zero-order chi connectivity index (χ0) is 17.5. The van der Waals surface area contributed by atoms with Crippen LogP contribution in [0.2, 0.25) is 0 Å². The number of carboxylic acids is 1. The van der Waals surface area contributed by atoms with Crippen LogP contribution < -0.4 is 5.32 Å². The Labute approximate surface area is 147 Å². The first-order valence-electron chi connectivity index (χ1n) is 7.29. The van der Waals surface area contributed by atoms with Crippen molar-refractivity contribution in [1.29, 1.82) is 0 Å². The van der Waals surface area contributed by atoms with Crippen molar-refractivity contribution in [2.24, 2.45) is 5.92 Å². The van der Waals surface area contributed by atoms with Crippen LogP contribution in [0.15, 0.2) is 34.5 Å². The second-order valence-corrected chi connectivity index (χ2v) is 7.17. The predicted molar refractivity (Wildman–Crippen MR) is 92.1 cm³/mol. The normalized spacial score (nSPS) is 11.9. The molecule has 1 aromatic carbocycles. The van der Waals surface area contributed by atoms with Gasteiger partial charge in [-0.25, -0.2) is 14.2 Å². The molecule has 0 saturated carbocycles. The molecular weight excluding hydrogens is 351 g/mol. The Morgan fingerprint density at radius 3 is 2.71 bits per heavy atom. The minimum absolute atomic E-state index is 0.0328. The van der Waals surface area contributed by atoms with Crippen LogP contribution in [0.4, 0.5) is 4.39 Å². The van der Waals surface area contributed by atoms with Crippen molar-refractivity contribution in [1.82, 2.24) is 10.3 Å². The smallest absolute Gasteiger partial charge is 0.355 e. The molecule has 0 radical (unpaired) electrons. The van der Waals surface area contributed by atoms with Crippen LogP contribution in [0.25, 0.3) is 0 Å². The largest absolute Gasteiger partial charge is 0.476 e. The van der Waals surface area contributed by atoms with E-state index < -0.39 is 5.97 Å². The van der Waals surface area contributed by atoms with E-state index in [2.05, 4.69) is 10.3 Å². The summed E-state index contributed by atoms with van der Waals surface area (Å²) in [6.45, 7) is 2.24. The van der Waals surface area contributed by atoms with Gasteiger partial charge in [0.2, 0.25) is 5.91 Å². The van der Waals surface area contributed by atoms with Gasteiger partial charge < -0.3 is 10.4 Å². The molecule has 0 aliphatic heterocycles. The molecule has 0 aliphatic carbocycles. The third kappa shape index (κ3) is 5.61. The summed E-state index contributed by atoms with van der Waals surface area (Å²) in [5.74, 6) is -0.991. The van der Waals surface area contributed by atoms with Gasteiger partial charge >= 0.3 is 5.97 Å². The number of aromatic carboxylic acids is 1. The fourth-order valence-electron chi connectivity index (χ4n) is 1.82. The zero-order valence-electron chi connectivity index (χ0n) is 13.0. The van der Waals surface area contributed by atoms with E-state index >= 15 is 0 Å². The van der Waals surface area contributed by atoms with Gasteiger partial charge in [-0.15, -0.1) is 23.1 Å². The highest BCUT2D eigenvalue weighted by atomic mass is 32.2. The molecule has 5 nitrogen and oxygen atoms in total. The summed E-state index contributed by atoms with van der Waals surface area (Å²) < 4.78 is 12.8. The first-order chi connectivity index (χ1) is 11.5. The molecule has 0 spiro atoms. The Kier molecular flexibility index (Phi) is 6.74. The van der Waals surface area contributed by atoms with Gasteiger partial charge in [0.05, 0.1) is 5.01 Å². The van der Waals surface area contributed by atoms with E-state index in [1.165, 1.54) is 40.6 Å². The minimum Gasteiger partial charge on any atom is -0.476 e. The lowest BCUT2D eigenvalue weighted by atomic mass is 10.2. The van der Waals surface area contributed by atoms with Crippen LogP contribution >= 0.6 is 23.1 Å². The lowest BCUT2D eigenvalue weighted by Crippen LogP contribution is -2.32. The fourth-order valence-corrected chi connectivity index (χ4v) is 3.51. The fraction of sp³-hybridized carbons (Fsp3) is 0.312. The van der Waals surface area contributed by atoms with E-state index in [4.69, 9.17) is 5.11 Å². The molecule has 1 aromatic heterocycles. The first-order valence-corrected chi connectivity index (χ1v) is 9.16. The maximum atomic E-state index is 12.8. The van der Waals surface area contributed by atoms with Gasteiger partial charge in [-0.1, -0.05) is 6.92 Å². The number of hydrogen-bond acceptors (Lipinski definition) is 5. The van der Waals surface area contributed by atoms with Crippen molar-refractivity contribution in [2.75, 3.05) is 12.3 Å². The lowest BCUT2D eigenvalue weighted by Gasteiger charge is -2.11. The Bertz CT molecular complexity index is 704. The second kappa shape index (κ2) is 8.79. The van der Waals surface area contributed by atoms with E-state index in [0.717, 1.165) is 4.90 Å². The molecule has 1 heterocycles. The number of nitrogens with zero attached hydrogens (tertiary/aromatic N) is 1. The van der Waals surface area contributed by atoms with Gasteiger partial charge in [-0.05, 0) is 24.3 Å². The van der Waals surface area contributed by atoms with E-state index in [0.29, 0.717) is 23.7 Å². The summed E-state index contributed by atoms with van der Waals surface area (Å²) in [6.07, 6.45) is 0.501. The molecule has 128 valence electrons. The van der Waals surface area contributed by atoms with E-state index in [9.17, 15) is 14.0 Å². The Morgan fingerprint density at radius 1 is 1.38 bits per heavy atom. The number of amides is 1. The van der Waals surface area contributed by atoms with Crippen molar-refractivity contribution >= 4 is 35.0 Å². The van der Waals surface area contributed by atoms with Crippen molar-refractivity contribution in [2.45, 2.75) is 18.2 Å². The quantitative estimate of drug-likeness (QED) is 0.700. The molecule has 0 aliphatic rings. The number of hydrogen-bond donors (Lipinski definition) is 2. The lowest BCUT2D eigenvalue weighted by molar-refractivity contribution is -0.123. The van der Waals surface area contributed by atoms with Crippen molar-refractivity contribution in [3.05, 3.63) is 46.2 Å². The highest BCUT2D eigenvalue weighted by Gasteiger charge is 2.14. The molecule has 0 fully saturated rings. The summed E-state index contributed by atoms with van der Waals surface area (Å²) >= 11 is 2.77. The molecule has 24 heavy (non-hydrogen) atoms. The Balaban J connectivity index is 1.71. The molecule has 1 unspecified atom stereocenters. The highest BCUT2D eigenvalue weighted by molar-refractivity contribution is 7.99. The molecule has 2 rings (SSSR count). The molecule has 1 atom stereocenters. The van der Waals surface area contributed by atoms with Crippen molar-refractivity contribution in [3.63, 3.8) is 0 Å². The van der Waals surface area contributed by atoms with Crippen LogP contribution in [-0.4, -0.2) is 34.3 Å². The maximum Gasteiger partial charge on any atom is 0.355 e. The number of benzene rings is 1. The minimum atomic E-state index is -1.05. The molecular formula is C16H17FN2O3S2. The number of carbonyl (C=O) groups excluding carboxylic acids is 1. The topological polar surface area (TPSA) is 79.3 Å². The summed E-state index contributed by atoms with van der Waals surface area (Å²) in [7, 11) is 0. The molecule has 2 aromatic rings. The first kappa shape index (κ1) is 18.4. The third-order valence-corrected chi connectivity index (χ3v) is 5.35. The van der Waals surface area contributed by atoms with Gasteiger partial charge in [-0.3, -0.25) is 4.79 Å². The van der Waals surface area contributed by atoms with Crippen LogP contribution in [-0.2, 0) is 11.2 Å². The SMILES string of the molecule is CC(CSc1ccc(F)cc1)C(=O)NCCc1nc(C(=O)O)cs1. The number of thiazole rings is 1. The number of thioether (sulfide) groups is 1. The summed E-state index contributed by atoms with van der Waals surface area (Å²) in [5.41, 5.74) is 0.0328. The van der Waals surface area contributed by atoms with Gasteiger partial charge in [0.25, 0.3) is 0 Å². The van der Waals surface area contributed by atoms with Crippen molar-refractivity contribution < 1.29 is 19.1 Å². The molecule has 8 heteroatoms. The van der Waals surface area contributed by atoms with Gasteiger partial charge in [0, 0.05) is 34.9 Å². The van der Waals surface area contributed by atoms with E-state index in [1.807, 2.05) is 6.92 Å². The van der Waals surface area contributed by atoms with Crippen LogP contribution in [0.1, 0.15) is 22.4 Å². The number of aromatic nitrogens is 1. The van der Waals surface area contributed by atoms with E-state index in [1.54, 1.807) is 12.1 Å². The summed E-state index contributed by atoms with van der Waals surface area (Å²) in [6, 6.07) is 6.17. The van der Waals surface area contributed by atoms with Gasteiger partial charge in [-0.2, -0.15) is 0 Å². The molecule has 1 amide bonds. The van der Waals surface area contributed by atoms with Crippen molar-refractivity contribution in [3.8, 4) is 0 Å². The average molecular weight is 368 g/mol. The Hall–Kier alpha value is -1.93. The monoisotopic (exact) mass is 368 g/mol. The zero-order valence-corrected chi connectivity index (χ0v) is 14.6. The van der Waals surface area contributed by atoms with Crippen LogP contribution in [0.5, 0.6) is 0 Å². The highest BCUT2D eigenvalue weighted by Crippen LogP contribution is 2.21. The van der Waals surface area contributed by atoms with E-state index in [-0.39, 0.29) is 23.3 Å². The number of halogens is 1. The number of nitrogens with one attached hydrogen (secondary N) is 1. The predicted octanol–water partition coefficient (Wildman–Crippen LogP) is 3.07.